The molecule has 0 spiro atoms. The summed E-state index contributed by atoms with van der Waals surface area (Å²) >= 11 is 0. The Bertz CT molecular complexity index is 185. The molecular weight excluding hydrogens is 196 g/mol. The maximum atomic E-state index is 6.13. The highest BCUT2D eigenvalue weighted by Crippen LogP contribution is 2.34. The van der Waals surface area contributed by atoms with Crippen LogP contribution >= 0.6 is 0 Å². The fraction of sp³-hybridized carbons (Fsp3) is 1.00. The molecule has 0 radical (unpaired) electrons. The molecule has 0 saturated carbocycles. The van der Waals surface area contributed by atoms with Gasteiger partial charge < -0.3 is 5.73 Å². The Morgan fingerprint density at radius 2 is 1.81 bits per heavy atom. The second kappa shape index (κ2) is 6.61. The van der Waals surface area contributed by atoms with Crippen LogP contribution in [0.2, 0.25) is 0 Å². The van der Waals surface area contributed by atoms with E-state index in [4.69, 9.17) is 5.73 Å². The van der Waals surface area contributed by atoms with Crippen molar-refractivity contribution in [3.8, 4) is 0 Å². The molecule has 1 aliphatic rings. The number of hydrogen-bond acceptors (Lipinski definition) is 2. The third kappa shape index (κ3) is 2.78. The first-order valence-corrected chi connectivity index (χ1v) is 7.20. The zero-order chi connectivity index (χ0) is 12.0. The second-order valence-electron chi connectivity index (χ2n) is 5.33. The molecule has 96 valence electrons. The Labute approximate surface area is 102 Å². The second-order valence-corrected chi connectivity index (χ2v) is 5.33. The van der Waals surface area contributed by atoms with Crippen LogP contribution in [0.25, 0.3) is 0 Å². The zero-order valence-corrected chi connectivity index (χ0v) is 11.5. The van der Waals surface area contributed by atoms with Gasteiger partial charge in [-0.15, -0.1) is 0 Å². The predicted molar refractivity (Wildman–Crippen MR) is 71.6 cm³/mol. The van der Waals surface area contributed by atoms with Crippen LogP contribution in [0.5, 0.6) is 0 Å². The van der Waals surface area contributed by atoms with Crippen molar-refractivity contribution in [2.45, 2.75) is 77.3 Å². The minimum atomic E-state index is 0.306. The highest BCUT2D eigenvalue weighted by molar-refractivity contribution is 4.96. The Kier molecular flexibility index (Phi) is 5.77. The molecule has 1 saturated heterocycles. The van der Waals surface area contributed by atoms with E-state index in [9.17, 15) is 0 Å². The summed E-state index contributed by atoms with van der Waals surface area (Å²) in [6.07, 6.45) is 9.09. The largest absolute Gasteiger partial charge is 0.329 e. The molecule has 0 bridgehead atoms. The van der Waals surface area contributed by atoms with Crippen LogP contribution in [0, 0.1) is 0 Å². The van der Waals surface area contributed by atoms with Gasteiger partial charge in [-0.25, -0.2) is 0 Å². The molecule has 1 unspecified atom stereocenters. The van der Waals surface area contributed by atoms with Crippen LogP contribution < -0.4 is 5.73 Å². The molecule has 0 aromatic carbocycles. The quantitative estimate of drug-likeness (QED) is 0.722. The lowest BCUT2D eigenvalue weighted by Crippen LogP contribution is -2.55. The van der Waals surface area contributed by atoms with Crippen LogP contribution in [0.15, 0.2) is 0 Å². The molecule has 0 amide bonds. The predicted octanol–water partition coefficient (Wildman–Crippen LogP) is 3.16. The molecule has 2 nitrogen and oxygen atoms in total. The lowest BCUT2D eigenvalue weighted by molar-refractivity contribution is 0.0602. The summed E-state index contributed by atoms with van der Waals surface area (Å²) < 4.78 is 0. The average molecular weight is 226 g/mol. The van der Waals surface area contributed by atoms with E-state index in [1.54, 1.807) is 0 Å². The van der Waals surface area contributed by atoms with Gasteiger partial charge in [0.15, 0.2) is 0 Å². The fourth-order valence-electron chi connectivity index (χ4n) is 3.55. The highest BCUT2D eigenvalue weighted by atomic mass is 15.2. The third-order valence-electron chi connectivity index (χ3n) is 4.27. The summed E-state index contributed by atoms with van der Waals surface area (Å²) in [5.74, 6) is 0. The number of hydrogen-bond donors (Lipinski definition) is 1. The number of likely N-dealkylation sites (tertiary alicyclic amines) is 1. The number of nitrogens with two attached hydrogens (primary N) is 1. The molecular formula is C14H30N2. The Morgan fingerprint density at radius 1 is 1.19 bits per heavy atom. The fourth-order valence-corrected chi connectivity index (χ4v) is 3.55. The molecule has 0 aromatic rings. The molecule has 16 heavy (non-hydrogen) atoms. The van der Waals surface area contributed by atoms with Crippen LogP contribution in [0.1, 0.15) is 65.7 Å². The molecule has 1 rings (SSSR count). The summed E-state index contributed by atoms with van der Waals surface area (Å²) in [7, 11) is 0. The maximum Gasteiger partial charge on any atom is 0.0334 e. The normalized spacial score (nSPS) is 22.9. The van der Waals surface area contributed by atoms with E-state index in [1.165, 1.54) is 51.5 Å². The summed E-state index contributed by atoms with van der Waals surface area (Å²) in [5.41, 5.74) is 6.44. The van der Waals surface area contributed by atoms with E-state index < -0.39 is 0 Å². The number of nitrogens with zero attached hydrogens (tertiary/aromatic N) is 1. The highest BCUT2D eigenvalue weighted by Gasteiger charge is 2.39. The molecule has 2 N–H and O–H groups in total. The van der Waals surface area contributed by atoms with Gasteiger partial charge in [-0.05, 0) is 38.6 Å². The lowest BCUT2D eigenvalue weighted by Gasteiger charge is -2.44. The van der Waals surface area contributed by atoms with Gasteiger partial charge in [0.05, 0.1) is 0 Å². The summed E-state index contributed by atoms with van der Waals surface area (Å²) in [6.45, 7) is 9.01. The van der Waals surface area contributed by atoms with Crippen molar-refractivity contribution in [2.24, 2.45) is 5.73 Å². The first-order valence-electron chi connectivity index (χ1n) is 7.20. The van der Waals surface area contributed by atoms with Gasteiger partial charge >= 0.3 is 0 Å². The van der Waals surface area contributed by atoms with Crippen LogP contribution in [-0.2, 0) is 0 Å². The first-order chi connectivity index (χ1) is 7.74. The van der Waals surface area contributed by atoms with Crippen LogP contribution in [0.3, 0.4) is 0 Å². The van der Waals surface area contributed by atoms with Crippen molar-refractivity contribution >= 4 is 0 Å². The van der Waals surface area contributed by atoms with E-state index in [0.717, 1.165) is 12.6 Å². The standard InChI is InChI=1S/C14H30N2/c1-4-9-14(12-15,10-5-2)16-11-7-8-13(16)6-3/h13H,4-12,15H2,1-3H3. The molecule has 2 heteroatoms. The Hall–Kier alpha value is -0.0800. The van der Waals surface area contributed by atoms with Crippen molar-refractivity contribution in [3.63, 3.8) is 0 Å². The van der Waals surface area contributed by atoms with Crippen LogP contribution in [-0.4, -0.2) is 29.6 Å². The average Bonchev–Trinajstić information content (AvgIpc) is 2.77. The molecule has 0 aliphatic carbocycles. The van der Waals surface area contributed by atoms with Gasteiger partial charge in [-0.1, -0.05) is 33.6 Å². The zero-order valence-electron chi connectivity index (χ0n) is 11.5. The van der Waals surface area contributed by atoms with E-state index in [1.807, 2.05) is 0 Å². The van der Waals surface area contributed by atoms with Crippen molar-refractivity contribution < 1.29 is 0 Å². The van der Waals surface area contributed by atoms with E-state index >= 15 is 0 Å². The minimum absolute atomic E-state index is 0.306. The minimum Gasteiger partial charge on any atom is -0.329 e. The van der Waals surface area contributed by atoms with Gasteiger partial charge in [0.2, 0.25) is 0 Å². The molecule has 1 heterocycles. The third-order valence-corrected chi connectivity index (χ3v) is 4.27. The van der Waals surface area contributed by atoms with Crippen LogP contribution in [0.4, 0.5) is 0 Å². The van der Waals surface area contributed by atoms with Gasteiger partial charge in [-0.3, -0.25) is 4.90 Å². The Balaban J connectivity index is 2.80. The van der Waals surface area contributed by atoms with Crippen molar-refractivity contribution in [1.29, 1.82) is 0 Å². The first kappa shape index (κ1) is 14.0. The lowest BCUT2D eigenvalue weighted by atomic mass is 9.85. The topological polar surface area (TPSA) is 29.3 Å². The van der Waals surface area contributed by atoms with Crippen molar-refractivity contribution in [1.82, 2.24) is 4.90 Å². The van der Waals surface area contributed by atoms with Gasteiger partial charge in [-0.2, -0.15) is 0 Å². The van der Waals surface area contributed by atoms with E-state index in [-0.39, 0.29) is 0 Å². The molecule has 0 aromatic heterocycles. The molecule has 1 atom stereocenters. The van der Waals surface area contributed by atoms with Crippen molar-refractivity contribution in [3.05, 3.63) is 0 Å². The SMILES string of the molecule is CCCC(CN)(CCC)N1CCCC1CC. The van der Waals surface area contributed by atoms with Gasteiger partial charge in [0, 0.05) is 18.1 Å². The van der Waals surface area contributed by atoms with Gasteiger partial charge in [0.25, 0.3) is 0 Å². The molecule has 1 aliphatic heterocycles. The smallest absolute Gasteiger partial charge is 0.0334 e. The monoisotopic (exact) mass is 226 g/mol. The van der Waals surface area contributed by atoms with E-state index in [2.05, 4.69) is 25.7 Å². The summed E-state index contributed by atoms with van der Waals surface area (Å²) in [5, 5.41) is 0. The maximum absolute atomic E-state index is 6.13. The summed E-state index contributed by atoms with van der Waals surface area (Å²) in [6, 6.07) is 0.793. The number of rotatable bonds is 7. The summed E-state index contributed by atoms with van der Waals surface area (Å²) in [4.78, 5) is 2.75. The van der Waals surface area contributed by atoms with E-state index in [0.29, 0.717) is 5.54 Å². The van der Waals surface area contributed by atoms with Gasteiger partial charge in [0.1, 0.15) is 0 Å². The Morgan fingerprint density at radius 3 is 2.25 bits per heavy atom. The molecule has 1 fully saturated rings. The van der Waals surface area contributed by atoms with Crippen molar-refractivity contribution in [2.75, 3.05) is 13.1 Å².